The number of nitrogens with zero attached hydrogens (tertiary/aromatic N) is 2. The first-order valence-electron chi connectivity index (χ1n) is 8.85. The SMILES string of the molecule is COc1cc(C)c(Cl)c(C)c1C(=O)N1CCN(C(=O)C2CCC2)CC1. The van der Waals surface area contributed by atoms with Crippen LogP contribution in [0.25, 0.3) is 0 Å². The van der Waals surface area contributed by atoms with Gasteiger partial charge in [0.2, 0.25) is 5.91 Å². The number of aryl methyl sites for hydroxylation is 1. The minimum atomic E-state index is -0.0769. The van der Waals surface area contributed by atoms with Gasteiger partial charge < -0.3 is 14.5 Å². The van der Waals surface area contributed by atoms with Crippen LogP contribution in [-0.4, -0.2) is 54.9 Å². The van der Waals surface area contributed by atoms with E-state index in [1.165, 1.54) is 0 Å². The van der Waals surface area contributed by atoms with E-state index in [1.807, 2.05) is 18.7 Å². The van der Waals surface area contributed by atoms with Crippen molar-refractivity contribution in [1.29, 1.82) is 0 Å². The first kappa shape index (κ1) is 18.1. The molecule has 0 atom stereocenters. The molecule has 136 valence electrons. The number of piperazine rings is 1. The molecule has 1 aromatic carbocycles. The molecule has 0 spiro atoms. The van der Waals surface area contributed by atoms with Gasteiger partial charge in [-0.25, -0.2) is 0 Å². The lowest BCUT2D eigenvalue weighted by Crippen LogP contribution is -2.52. The monoisotopic (exact) mass is 364 g/mol. The Kier molecular flexibility index (Phi) is 5.23. The number of benzene rings is 1. The van der Waals surface area contributed by atoms with Crippen molar-refractivity contribution in [3.63, 3.8) is 0 Å². The first-order chi connectivity index (χ1) is 11.9. The molecule has 0 bridgehead atoms. The molecule has 1 saturated carbocycles. The molecule has 6 heteroatoms. The van der Waals surface area contributed by atoms with Gasteiger partial charge in [0.05, 0.1) is 12.7 Å². The van der Waals surface area contributed by atoms with Gasteiger partial charge in [-0.3, -0.25) is 9.59 Å². The number of rotatable bonds is 3. The molecule has 3 rings (SSSR count). The summed E-state index contributed by atoms with van der Waals surface area (Å²) in [6.07, 6.45) is 3.18. The van der Waals surface area contributed by atoms with Crippen LogP contribution in [0.1, 0.15) is 40.7 Å². The lowest BCUT2D eigenvalue weighted by molar-refractivity contribution is -0.139. The third-order valence-corrected chi connectivity index (χ3v) is 5.99. The van der Waals surface area contributed by atoms with Gasteiger partial charge in [-0.15, -0.1) is 0 Å². The van der Waals surface area contributed by atoms with Crippen molar-refractivity contribution in [2.75, 3.05) is 33.3 Å². The van der Waals surface area contributed by atoms with Crippen LogP contribution in [0.2, 0.25) is 5.02 Å². The second-order valence-corrected chi connectivity index (χ2v) is 7.33. The molecular weight excluding hydrogens is 340 g/mol. The Balaban J connectivity index is 1.73. The maximum Gasteiger partial charge on any atom is 0.258 e. The summed E-state index contributed by atoms with van der Waals surface area (Å²) in [4.78, 5) is 29.1. The van der Waals surface area contributed by atoms with Crippen LogP contribution in [0.5, 0.6) is 5.75 Å². The zero-order chi connectivity index (χ0) is 18.1. The predicted molar refractivity (Wildman–Crippen MR) is 97.3 cm³/mol. The van der Waals surface area contributed by atoms with Crippen molar-refractivity contribution in [3.05, 3.63) is 27.8 Å². The van der Waals surface area contributed by atoms with E-state index in [-0.39, 0.29) is 17.7 Å². The van der Waals surface area contributed by atoms with Crippen molar-refractivity contribution in [2.45, 2.75) is 33.1 Å². The summed E-state index contributed by atoms with van der Waals surface area (Å²) in [5.74, 6) is 0.940. The summed E-state index contributed by atoms with van der Waals surface area (Å²) in [5.41, 5.74) is 2.16. The highest BCUT2D eigenvalue weighted by molar-refractivity contribution is 6.32. The number of ether oxygens (including phenoxy) is 1. The highest BCUT2D eigenvalue weighted by atomic mass is 35.5. The minimum absolute atomic E-state index is 0.0769. The topological polar surface area (TPSA) is 49.9 Å². The lowest BCUT2D eigenvalue weighted by Gasteiger charge is -2.38. The molecule has 5 nitrogen and oxygen atoms in total. The Morgan fingerprint density at radius 2 is 1.72 bits per heavy atom. The molecule has 0 radical (unpaired) electrons. The fraction of sp³-hybridized carbons (Fsp3) is 0.579. The summed E-state index contributed by atoms with van der Waals surface area (Å²) < 4.78 is 5.42. The Labute approximate surface area is 153 Å². The van der Waals surface area contributed by atoms with Gasteiger partial charge in [0.25, 0.3) is 5.91 Å². The molecule has 0 N–H and O–H groups in total. The Morgan fingerprint density at radius 1 is 1.12 bits per heavy atom. The van der Waals surface area contributed by atoms with Gasteiger partial charge in [-0.2, -0.15) is 0 Å². The molecule has 0 unspecified atom stereocenters. The van der Waals surface area contributed by atoms with E-state index in [0.29, 0.717) is 42.5 Å². The fourth-order valence-electron chi connectivity index (χ4n) is 3.55. The number of halogens is 1. The summed E-state index contributed by atoms with van der Waals surface area (Å²) in [5, 5.41) is 0.600. The van der Waals surface area contributed by atoms with E-state index in [0.717, 1.165) is 30.4 Å². The van der Waals surface area contributed by atoms with Crippen LogP contribution >= 0.6 is 11.6 Å². The van der Waals surface area contributed by atoms with Crippen molar-refractivity contribution >= 4 is 23.4 Å². The van der Waals surface area contributed by atoms with Crippen molar-refractivity contribution < 1.29 is 14.3 Å². The summed E-state index contributed by atoms with van der Waals surface area (Å²) in [7, 11) is 1.56. The van der Waals surface area contributed by atoms with E-state index in [1.54, 1.807) is 18.1 Å². The molecule has 1 saturated heterocycles. The van der Waals surface area contributed by atoms with Gasteiger partial charge in [0.1, 0.15) is 5.75 Å². The summed E-state index contributed by atoms with van der Waals surface area (Å²) in [6.45, 7) is 6.04. The maximum absolute atomic E-state index is 13.0. The summed E-state index contributed by atoms with van der Waals surface area (Å²) >= 11 is 6.34. The minimum Gasteiger partial charge on any atom is -0.496 e. The van der Waals surface area contributed by atoms with Crippen LogP contribution in [0, 0.1) is 19.8 Å². The molecular formula is C19H25ClN2O3. The Bertz CT molecular complexity index is 692. The number of amides is 2. The third kappa shape index (κ3) is 3.34. The van der Waals surface area contributed by atoms with Crippen LogP contribution in [-0.2, 0) is 4.79 Å². The van der Waals surface area contributed by atoms with Gasteiger partial charge in [0, 0.05) is 37.1 Å². The fourth-order valence-corrected chi connectivity index (χ4v) is 3.70. The highest BCUT2D eigenvalue weighted by Gasteiger charge is 2.33. The third-order valence-electron chi connectivity index (χ3n) is 5.41. The maximum atomic E-state index is 13.0. The molecule has 2 amide bonds. The average Bonchev–Trinajstić information content (AvgIpc) is 2.57. The van der Waals surface area contributed by atoms with E-state index in [2.05, 4.69) is 0 Å². The van der Waals surface area contributed by atoms with Gasteiger partial charge in [-0.1, -0.05) is 18.0 Å². The van der Waals surface area contributed by atoms with Crippen molar-refractivity contribution in [1.82, 2.24) is 9.80 Å². The Hall–Kier alpha value is -1.75. The molecule has 1 aromatic rings. The first-order valence-corrected chi connectivity index (χ1v) is 9.23. The second-order valence-electron chi connectivity index (χ2n) is 6.96. The molecule has 0 aromatic heterocycles. The van der Waals surface area contributed by atoms with E-state index >= 15 is 0 Å². The normalized spacial score (nSPS) is 18.1. The second kappa shape index (κ2) is 7.24. The van der Waals surface area contributed by atoms with Gasteiger partial charge >= 0.3 is 0 Å². The number of hydrogen-bond acceptors (Lipinski definition) is 3. The van der Waals surface area contributed by atoms with Crippen LogP contribution < -0.4 is 4.74 Å². The predicted octanol–water partition coefficient (Wildman–Crippen LogP) is 3.05. The number of carbonyl (C=O) groups excluding carboxylic acids is 2. The zero-order valence-corrected chi connectivity index (χ0v) is 15.9. The molecule has 2 aliphatic rings. The number of hydrogen-bond donors (Lipinski definition) is 0. The van der Waals surface area contributed by atoms with Gasteiger partial charge in [0.15, 0.2) is 0 Å². The average molecular weight is 365 g/mol. The summed E-state index contributed by atoms with van der Waals surface area (Å²) in [6, 6.07) is 1.80. The highest BCUT2D eigenvalue weighted by Crippen LogP contribution is 2.33. The van der Waals surface area contributed by atoms with Crippen LogP contribution in [0.15, 0.2) is 6.07 Å². The smallest absolute Gasteiger partial charge is 0.258 e. The molecule has 1 aliphatic carbocycles. The standard InChI is InChI=1S/C19H25ClN2O3/c1-12-11-15(25-3)16(13(2)17(12)20)19(24)22-9-7-21(8-10-22)18(23)14-5-4-6-14/h11,14H,4-10H2,1-3H3. The Morgan fingerprint density at radius 3 is 2.24 bits per heavy atom. The molecule has 1 aliphatic heterocycles. The van der Waals surface area contributed by atoms with Crippen molar-refractivity contribution in [3.8, 4) is 5.75 Å². The zero-order valence-electron chi connectivity index (χ0n) is 15.1. The van der Waals surface area contributed by atoms with Crippen LogP contribution in [0.3, 0.4) is 0 Å². The van der Waals surface area contributed by atoms with E-state index in [9.17, 15) is 9.59 Å². The van der Waals surface area contributed by atoms with E-state index in [4.69, 9.17) is 16.3 Å². The van der Waals surface area contributed by atoms with E-state index < -0.39 is 0 Å². The molecule has 25 heavy (non-hydrogen) atoms. The number of methoxy groups -OCH3 is 1. The lowest BCUT2D eigenvalue weighted by atomic mass is 9.84. The van der Waals surface area contributed by atoms with Crippen LogP contribution in [0.4, 0.5) is 0 Å². The van der Waals surface area contributed by atoms with Crippen molar-refractivity contribution in [2.24, 2.45) is 5.92 Å². The largest absolute Gasteiger partial charge is 0.496 e. The molecule has 1 heterocycles. The number of carbonyl (C=O) groups is 2. The van der Waals surface area contributed by atoms with Gasteiger partial charge in [-0.05, 0) is 43.9 Å². The quantitative estimate of drug-likeness (QED) is 0.828. The molecule has 2 fully saturated rings.